The minimum Gasteiger partial charge on any atom is -0.496 e. The second-order valence-electron chi connectivity index (χ2n) is 9.16. The summed E-state index contributed by atoms with van der Waals surface area (Å²) < 4.78 is 5.37. The molecular formula is C27H31Cl2N3O7. The quantitative estimate of drug-likeness (QED) is 0.376. The Labute approximate surface area is 237 Å². The second kappa shape index (κ2) is 14.0. The second-order valence-corrected chi connectivity index (χ2v) is 9.59. The number of ketones is 1. The maximum Gasteiger partial charge on any atom is 0.337 e. The number of likely N-dealkylation sites (tertiary alicyclic amines) is 1. The number of methoxy groups -OCH3 is 1. The van der Waals surface area contributed by atoms with Gasteiger partial charge in [0, 0.05) is 41.1 Å². The zero-order valence-corrected chi connectivity index (χ0v) is 23.1. The van der Waals surface area contributed by atoms with Crippen molar-refractivity contribution in [1.82, 2.24) is 4.90 Å². The van der Waals surface area contributed by atoms with Gasteiger partial charge in [-0.15, -0.1) is 12.4 Å². The fourth-order valence-electron chi connectivity index (χ4n) is 4.39. The Bertz CT molecular complexity index is 1270. The van der Waals surface area contributed by atoms with Crippen molar-refractivity contribution in [3.63, 3.8) is 0 Å². The lowest BCUT2D eigenvalue weighted by atomic mass is 9.93. The van der Waals surface area contributed by atoms with Crippen molar-refractivity contribution >= 4 is 64.9 Å². The summed E-state index contributed by atoms with van der Waals surface area (Å²) in [6.45, 7) is 1.37. The first-order valence-corrected chi connectivity index (χ1v) is 12.5. The summed E-state index contributed by atoms with van der Waals surface area (Å²) in [4.78, 5) is 64.2. The van der Waals surface area contributed by atoms with Gasteiger partial charge in [0.2, 0.25) is 17.7 Å². The number of amides is 3. The van der Waals surface area contributed by atoms with Gasteiger partial charge in [0.15, 0.2) is 5.78 Å². The van der Waals surface area contributed by atoms with E-state index in [9.17, 15) is 29.1 Å². The summed E-state index contributed by atoms with van der Waals surface area (Å²) in [5, 5.41) is 12.3. The van der Waals surface area contributed by atoms with Crippen LogP contribution in [0.15, 0.2) is 36.4 Å². The van der Waals surface area contributed by atoms with Crippen LogP contribution < -0.4 is 15.8 Å². The van der Waals surface area contributed by atoms with E-state index < -0.39 is 35.5 Å². The number of hydrogen-bond acceptors (Lipinski definition) is 7. The molecule has 2 aromatic carbocycles. The number of imide groups is 1. The van der Waals surface area contributed by atoms with E-state index in [1.807, 2.05) is 0 Å². The number of benzene rings is 2. The molecule has 0 radical (unpaired) electrons. The molecule has 4 N–H and O–H groups in total. The van der Waals surface area contributed by atoms with Crippen LogP contribution in [0.4, 0.5) is 11.4 Å². The summed E-state index contributed by atoms with van der Waals surface area (Å²) in [7, 11) is 1.50. The van der Waals surface area contributed by atoms with Crippen molar-refractivity contribution in [1.29, 1.82) is 0 Å². The Morgan fingerprint density at radius 2 is 1.92 bits per heavy atom. The minimum absolute atomic E-state index is 0. The van der Waals surface area contributed by atoms with Crippen LogP contribution >= 0.6 is 24.0 Å². The number of halogens is 2. The number of carboxylic acids is 1. The van der Waals surface area contributed by atoms with Crippen molar-refractivity contribution < 1.29 is 33.8 Å². The topological polar surface area (TPSA) is 156 Å². The molecule has 10 nitrogen and oxygen atoms in total. The molecule has 1 aliphatic heterocycles. The van der Waals surface area contributed by atoms with Gasteiger partial charge in [0.05, 0.1) is 19.2 Å². The third-order valence-corrected chi connectivity index (χ3v) is 6.80. The number of Topliss-reactive ketones (excluding diaryl/α,β-unsaturated/α-hetero) is 1. The van der Waals surface area contributed by atoms with Crippen LogP contribution in [0, 0.1) is 11.8 Å². The van der Waals surface area contributed by atoms with Gasteiger partial charge in [-0.05, 0) is 61.2 Å². The van der Waals surface area contributed by atoms with E-state index in [0.29, 0.717) is 16.3 Å². The molecule has 1 saturated heterocycles. The summed E-state index contributed by atoms with van der Waals surface area (Å²) in [6.07, 6.45) is 0.634. The van der Waals surface area contributed by atoms with Crippen LogP contribution in [0.5, 0.6) is 5.75 Å². The average molecular weight is 580 g/mol. The number of ether oxygens (including phenoxy) is 1. The zero-order valence-electron chi connectivity index (χ0n) is 21.6. The van der Waals surface area contributed by atoms with Gasteiger partial charge in [-0.25, -0.2) is 4.79 Å². The average Bonchev–Trinajstić information content (AvgIpc) is 3.01. The number of nitrogens with zero attached hydrogens (tertiary/aromatic N) is 1. The van der Waals surface area contributed by atoms with Crippen molar-refractivity contribution in [3.8, 4) is 5.75 Å². The molecule has 12 heteroatoms. The van der Waals surface area contributed by atoms with Gasteiger partial charge in [-0.1, -0.05) is 18.5 Å². The van der Waals surface area contributed by atoms with E-state index in [1.165, 1.54) is 25.3 Å². The predicted molar refractivity (Wildman–Crippen MR) is 148 cm³/mol. The number of hydrogen-bond donors (Lipinski definition) is 3. The highest BCUT2D eigenvalue weighted by Gasteiger charge is 2.35. The van der Waals surface area contributed by atoms with Crippen LogP contribution in [0.2, 0.25) is 5.02 Å². The van der Waals surface area contributed by atoms with Crippen molar-refractivity contribution in [2.45, 2.75) is 39.0 Å². The minimum atomic E-state index is -1.24. The lowest BCUT2D eigenvalue weighted by molar-refractivity contribution is -0.149. The van der Waals surface area contributed by atoms with E-state index in [2.05, 4.69) is 5.32 Å². The SMILES string of the molecule is CC[C@@H](CC(=O)N1CC(=O)CCC(Cc2cc(Cl)ccc2OC)C1=O)C(=O)Nc1ccc(N)c(C(=O)O)c1.Cl. The molecule has 0 bridgehead atoms. The summed E-state index contributed by atoms with van der Waals surface area (Å²) in [5.74, 6) is -4.02. The van der Waals surface area contributed by atoms with E-state index in [-0.39, 0.29) is 73.8 Å². The summed E-state index contributed by atoms with van der Waals surface area (Å²) >= 11 is 6.12. The van der Waals surface area contributed by atoms with Gasteiger partial charge in [0.1, 0.15) is 5.75 Å². The molecule has 2 aromatic rings. The van der Waals surface area contributed by atoms with Crippen LogP contribution in [-0.4, -0.2) is 53.1 Å². The molecule has 1 aliphatic rings. The maximum atomic E-state index is 13.4. The van der Waals surface area contributed by atoms with E-state index in [1.54, 1.807) is 25.1 Å². The van der Waals surface area contributed by atoms with Crippen molar-refractivity contribution in [2.75, 3.05) is 24.7 Å². The molecule has 0 spiro atoms. The predicted octanol–water partition coefficient (Wildman–Crippen LogP) is 3.98. The van der Waals surface area contributed by atoms with Gasteiger partial charge < -0.3 is 20.9 Å². The third-order valence-electron chi connectivity index (χ3n) is 6.57. The lowest BCUT2D eigenvalue weighted by Crippen LogP contribution is -2.43. The highest BCUT2D eigenvalue weighted by atomic mass is 35.5. The molecule has 2 atom stereocenters. The normalized spacial score (nSPS) is 16.1. The highest BCUT2D eigenvalue weighted by Crippen LogP contribution is 2.29. The fraction of sp³-hybridized carbons (Fsp3) is 0.370. The monoisotopic (exact) mass is 579 g/mol. The summed E-state index contributed by atoms with van der Waals surface area (Å²) in [6, 6.07) is 9.10. The number of anilines is 2. The van der Waals surface area contributed by atoms with Gasteiger partial charge in [0.25, 0.3) is 0 Å². The Morgan fingerprint density at radius 1 is 1.21 bits per heavy atom. The van der Waals surface area contributed by atoms with Gasteiger partial charge >= 0.3 is 5.97 Å². The Kier molecular flexibility index (Phi) is 11.3. The molecule has 1 unspecified atom stereocenters. The molecule has 1 heterocycles. The third kappa shape index (κ3) is 7.93. The van der Waals surface area contributed by atoms with Crippen LogP contribution in [0.3, 0.4) is 0 Å². The Hall–Kier alpha value is -3.63. The number of nitrogen functional groups attached to an aromatic ring is 1. The first-order chi connectivity index (χ1) is 18.0. The molecule has 39 heavy (non-hydrogen) atoms. The number of nitrogens with two attached hydrogens (primary N) is 1. The fourth-order valence-corrected chi connectivity index (χ4v) is 4.59. The van der Waals surface area contributed by atoms with Crippen LogP contribution in [-0.2, 0) is 25.6 Å². The molecule has 3 rings (SSSR count). The van der Waals surface area contributed by atoms with Gasteiger partial charge in [-0.2, -0.15) is 0 Å². The molecular weight excluding hydrogens is 549 g/mol. The number of carboxylic acid groups (broad SMARTS) is 1. The van der Waals surface area contributed by atoms with Crippen LogP contribution in [0.25, 0.3) is 0 Å². The number of carbonyl (C=O) groups is 5. The lowest BCUT2D eigenvalue weighted by Gasteiger charge is -2.24. The van der Waals surface area contributed by atoms with Crippen molar-refractivity contribution in [2.24, 2.45) is 11.8 Å². The number of rotatable bonds is 9. The largest absolute Gasteiger partial charge is 0.496 e. The molecule has 0 aromatic heterocycles. The first kappa shape index (κ1) is 31.6. The molecule has 3 amide bonds. The highest BCUT2D eigenvalue weighted by molar-refractivity contribution is 6.30. The Balaban J connectivity index is 0.00000533. The first-order valence-electron chi connectivity index (χ1n) is 12.2. The molecule has 210 valence electrons. The summed E-state index contributed by atoms with van der Waals surface area (Å²) in [5.41, 5.74) is 6.45. The smallest absolute Gasteiger partial charge is 0.337 e. The number of nitrogens with one attached hydrogen (secondary N) is 1. The molecule has 0 aliphatic carbocycles. The van der Waals surface area contributed by atoms with E-state index in [0.717, 1.165) is 4.90 Å². The zero-order chi connectivity index (χ0) is 28.0. The van der Waals surface area contributed by atoms with E-state index in [4.69, 9.17) is 22.1 Å². The maximum absolute atomic E-state index is 13.4. The number of carbonyl (C=O) groups excluding carboxylic acids is 4. The molecule has 1 fully saturated rings. The van der Waals surface area contributed by atoms with Crippen molar-refractivity contribution in [3.05, 3.63) is 52.5 Å². The Morgan fingerprint density at radius 3 is 2.56 bits per heavy atom. The van der Waals surface area contributed by atoms with Gasteiger partial charge in [-0.3, -0.25) is 24.1 Å². The standard InChI is InChI=1S/C27H30ClN3O7.ClH/c1-3-15(25(34)30-19-6-8-22(29)21(13-19)27(36)37)12-24(33)31-14-20(32)7-4-16(26(31)35)10-17-11-18(28)5-9-23(17)38-2;/h5-6,8-9,11,13,15-16H,3-4,7,10,12,14,29H2,1-2H3,(H,30,34)(H,36,37);1H/t15-,16?;/m0./s1. The van der Waals surface area contributed by atoms with E-state index >= 15 is 0 Å². The van der Waals surface area contributed by atoms with Crippen LogP contribution in [0.1, 0.15) is 48.5 Å². The number of aromatic carboxylic acids is 1. The molecule has 0 saturated carbocycles.